The summed E-state index contributed by atoms with van der Waals surface area (Å²) in [4.78, 5) is 2.28. The number of para-hydroxylation sites is 1. The average molecular weight is 495 g/mol. The van der Waals surface area contributed by atoms with E-state index in [0.29, 0.717) is 0 Å². The summed E-state index contributed by atoms with van der Waals surface area (Å²) in [7, 11) is 1.70. The summed E-state index contributed by atoms with van der Waals surface area (Å²) >= 11 is 0. The number of rotatable bonds is 7. The summed E-state index contributed by atoms with van der Waals surface area (Å²) in [5.41, 5.74) is 8.17. The summed E-state index contributed by atoms with van der Waals surface area (Å²) in [6.07, 6.45) is 2.26. The van der Waals surface area contributed by atoms with E-state index in [4.69, 9.17) is 4.74 Å². The second kappa shape index (κ2) is 10.3. The summed E-state index contributed by atoms with van der Waals surface area (Å²) in [5.74, 6) is 0.838. The van der Waals surface area contributed by atoms with Crippen LogP contribution < -0.4 is 9.64 Å². The van der Waals surface area contributed by atoms with Crippen molar-refractivity contribution in [1.82, 2.24) is 4.57 Å². The second-order valence-electron chi connectivity index (χ2n) is 9.31. The van der Waals surface area contributed by atoms with Crippen molar-refractivity contribution < 1.29 is 4.74 Å². The van der Waals surface area contributed by atoms with Gasteiger partial charge < -0.3 is 14.2 Å². The van der Waals surface area contributed by atoms with Crippen LogP contribution in [0.1, 0.15) is 18.1 Å². The van der Waals surface area contributed by atoms with Gasteiger partial charge in [-0.25, -0.2) is 0 Å². The van der Waals surface area contributed by atoms with Crippen molar-refractivity contribution in [3.63, 3.8) is 0 Å². The number of nitrogens with zero attached hydrogens (tertiary/aromatic N) is 2. The van der Waals surface area contributed by atoms with Crippen molar-refractivity contribution in [3.8, 4) is 5.75 Å². The number of methoxy groups -OCH3 is 1. The summed E-state index contributed by atoms with van der Waals surface area (Å²) in [5, 5.41) is 2.53. The molecule has 6 rings (SSSR count). The molecule has 0 fully saturated rings. The molecule has 3 nitrogen and oxygen atoms in total. The fourth-order valence-electron chi connectivity index (χ4n) is 5.25. The molecular weight excluding hydrogens is 464 g/mol. The van der Waals surface area contributed by atoms with Crippen molar-refractivity contribution >= 4 is 38.8 Å². The highest BCUT2D eigenvalue weighted by molar-refractivity contribution is 6.09. The van der Waals surface area contributed by atoms with Crippen molar-refractivity contribution in [2.24, 2.45) is 0 Å². The van der Waals surface area contributed by atoms with Crippen LogP contribution in [0.15, 0.2) is 134 Å². The molecule has 186 valence electrons. The van der Waals surface area contributed by atoms with Crippen LogP contribution in [0.5, 0.6) is 5.75 Å². The largest absolute Gasteiger partial charge is 0.497 e. The Labute approximate surface area is 223 Å². The summed E-state index contributed by atoms with van der Waals surface area (Å²) in [6, 6.07) is 44.9. The van der Waals surface area contributed by atoms with E-state index in [2.05, 4.69) is 138 Å². The molecule has 6 aromatic rings. The van der Waals surface area contributed by atoms with Gasteiger partial charge >= 0.3 is 0 Å². The molecule has 0 radical (unpaired) electrons. The van der Waals surface area contributed by atoms with Crippen LogP contribution in [0.4, 0.5) is 11.4 Å². The number of ether oxygens (including phenoxy) is 1. The molecule has 0 unspecified atom stereocenters. The molecule has 38 heavy (non-hydrogen) atoms. The van der Waals surface area contributed by atoms with Crippen LogP contribution in [0.3, 0.4) is 0 Å². The number of hydrogen-bond donors (Lipinski definition) is 0. The maximum Gasteiger partial charge on any atom is 0.119 e. The maximum atomic E-state index is 5.46. The van der Waals surface area contributed by atoms with Crippen molar-refractivity contribution in [1.29, 1.82) is 0 Å². The van der Waals surface area contributed by atoms with Crippen molar-refractivity contribution in [2.45, 2.75) is 13.5 Å². The number of aryl methyl sites for hydroxylation is 1. The van der Waals surface area contributed by atoms with Gasteiger partial charge in [0.15, 0.2) is 0 Å². The van der Waals surface area contributed by atoms with E-state index < -0.39 is 0 Å². The predicted octanol–water partition coefficient (Wildman–Crippen LogP) is 9.05. The Hall–Kier alpha value is -4.76. The van der Waals surface area contributed by atoms with Crippen LogP contribution in [-0.4, -0.2) is 11.7 Å². The fourth-order valence-corrected chi connectivity index (χ4v) is 5.25. The molecule has 1 heterocycles. The highest BCUT2D eigenvalue weighted by Crippen LogP contribution is 2.37. The molecule has 0 atom stereocenters. The summed E-state index contributed by atoms with van der Waals surface area (Å²) in [6.45, 7) is 3.13. The minimum Gasteiger partial charge on any atom is -0.497 e. The van der Waals surface area contributed by atoms with Gasteiger partial charge in [0, 0.05) is 51.5 Å². The fraction of sp³-hybridized carbons (Fsp3) is 0.0857. The Morgan fingerprint density at radius 2 is 1.24 bits per heavy atom. The first kappa shape index (κ1) is 23.6. The van der Waals surface area contributed by atoms with Gasteiger partial charge in [0.05, 0.1) is 7.11 Å². The van der Waals surface area contributed by atoms with E-state index in [1.807, 2.05) is 12.1 Å². The molecule has 0 aliphatic rings. The van der Waals surface area contributed by atoms with Gasteiger partial charge in [0.25, 0.3) is 0 Å². The third-order valence-corrected chi connectivity index (χ3v) is 7.13. The molecule has 0 amide bonds. The molecule has 3 heteroatoms. The number of anilines is 2. The Balaban J connectivity index is 1.59. The van der Waals surface area contributed by atoms with Gasteiger partial charge in [-0.05, 0) is 66.6 Å². The average Bonchev–Trinajstić information content (AvgIpc) is 3.31. The number of aromatic nitrogens is 1. The normalized spacial score (nSPS) is 11.0. The maximum absolute atomic E-state index is 5.46. The minimum atomic E-state index is 0.838. The minimum absolute atomic E-state index is 0.838. The lowest BCUT2D eigenvalue weighted by atomic mass is 9.98. The van der Waals surface area contributed by atoms with Gasteiger partial charge in [-0.2, -0.15) is 0 Å². The first-order valence-corrected chi connectivity index (χ1v) is 13.0. The van der Waals surface area contributed by atoms with E-state index in [-0.39, 0.29) is 0 Å². The molecule has 0 spiro atoms. The Bertz CT molecular complexity index is 1670. The van der Waals surface area contributed by atoms with Crippen LogP contribution in [0.25, 0.3) is 27.4 Å². The van der Waals surface area contributed by atoms with Crippen LogP contribution >= 0.6 is 0 Å². The molecule has 0 saturated carbocycles. The number of hydrogen-bond acceptors (Lipinski definition) is 2. The van der Waals surface area contributed by atoms with Gasteiger partial charge in [0.2, 0.25) is 0 Å². The molecule has 0 N–H and O–H groups in total. The Kier molecular flexibility index (Phi) is 6.41. The quantitative estimate of drug-likeness (QED) is 0.220. The predicted molar refractivity (Wildman–Crippen MR) is 160 cm³/mol. The van der Waals surface area contributed by atoms with E-state index in [1.54, 1.807) is 7.11 Å². The topological polar surface area (TPSA) is 17.4 Å². The standard InChI is InChI=1S/C35H30N2O/c1-3-36-34-17-11-10-16-31(34)32-24-29(20-23-35(32)36)37(28-18-21-30(38-2)22-19-28)25-33(26-12-6-4-7-13-26)27-14-8-5-9-15-27/h4-25H,3H2,1-2H3. The van der Waals surface area contributed by atoms with Crippen LogP contribution in [0, 0.1) is 0 Å². The number of fused-ring (bicyclic) bond motifs is 3. The van der Waals surface area contributed by atoms with E-state index >= 15 is 0 Å². The smallest absolute Gasteiger partial charge is 0.119 e. The molecule has 0 saturated heterocycles. The monoisotopic (exact) mass is 494 g/mol. The van der Waals surface area contributed by atoms with Crippen LogP contribution in [0.2, 0.25) is 0 Å². The second-order valence-corrected chi connectivity index (χ2v) is 9.31. The first-order valence-electron chi connectivity index (χ1n) is 13.0. The molecule has 0 aliphatic heterocycles. The van der Waals surface area contributed by atoms with E-state index in [0.717, 1.165) is 29.2 Å². The lowest BCUT2D eigenvalue weighted by Gasteiger charge is -2.24. The zero-order valence-electron chi connectivity index (χ0n) is 21.7. The zero-order chi connectivity index (χ0) is 25.9. The summed E-state index contributed by atoms with van der Waals surface area (Å²) < 4.78 is 7.85. The Morgan fingerprint density at radius 3 is 1.87 bits per heavy atom. The van der Waals surface area contributed by atoms with Crippen molar-refractivity contribution in [2.75, 3.05) is 12.0 Å². The molecule has 0 aliphatic carbocycles. The lowest BCUT2D eigenvalue weighted by molar-refractivity contribution is 0.415. The first-order chi connectivity index (χ1) is 18.8. The molecule has 5 aromatic carbocycles. The van der Waals surface area contributed by atoms with E-state index in [9.17, 15) is 0 Å². The third kappa shape index (κ3) is 4.33. The highest BCUT2D eigenvalue weighted by atomic mass is 16.5. The van der Waals surface area contributed by atoms with Gasteiger partial charge in [-0.15, -0.1) is 0 Å². The molecule has 0 bridgehead atoms. The SMILES string of the molecule is CCn1c2ccccc2c2cc(N(C=C(c3ccccc3)c3ccccc3)c3ccc(OC)cc3)ccc21. The number of benzene rings is 5. The highest BCUT2D eigenvalue weighted by Gasteiger charge is 2.15. The molecular formula is C35H30N2O. The van der Waals surface area contributed by atoms with Crippen LogP contribution in [-0.2, 0) is 6.54 Å². The zero-order valence-corrected chi connectivity index (χ0v) is 21.7. The van der Waals surface area contributed by atoms with E-state index in [1.165, 1.54) is 32.9 Å². The van der Waals surface area contributed by atoms with Gasteiger partial charge in [-0.3, -0.25) is 0 Å². The molecule has 1 aromatic heterocycles. The van der Waals surface area contributed by atoms with Gasteiger partial charge in [0.1, 0.15) is 5.75 Å². The third-order valence-electron chi connectivity index (χ3n) is 7.13. The van der Waals surface area contributed by atoms with Crippen molar-refractivity contribution in [3.05, 3.63) is 145 Å². The van der Waals surface area contributed by atoms with Gasteiger partial charge in [-0.1, -0.05) is 78.9 Å². The lowest BCUT2D eigenvalue weighted by Crippen LogP contribution is -2.10. The Morgan fingerprint density at radius 1 is 0.658 bits per heavy atom.